The Morgan fingerprint density at radius 1 is 0.952 bits per heavy atom. The SMILES string of the molecule is CC[C@H](CCC(C)[C@H]1CC[C@H]2[C@@H]3CC=C4C[C@H](OC5OC(=O)[C@H](C)[C@@H]6CC[C@H](C)[C@H]56)CC[C@]4(C)[C@H]3CC[C@]12C)C(C)C. The first kappa shape index (κ1) is 31.2. The molecule has 5 aliphatic carbocycles. The molecule has 1 saturated heterocycles. The molecule has 3 heteroatoms. The molecule has 2 unspecified atom stereocenters. The van der Waals surface area contributed by atoms with Crippen LogP contribution in [0.2, 0.25) is 0 Å². The van der Waals surface area contributed by atoms with Gasteiger partial charge in [0.15, 0.2) is 0 Å². The van der Waals surface area contributed by atoms with E-state index < -0.39 is 0 Å². The first-order chi connectivity index (χ1) is 20.0. The maximum atomic E-state index is 12.7. The van der Waals surface area contributed by atoms with Crippen molar-refractivity contribution < 1.29 is 14.3 Å². The average Bonchev–Trinajstić information content (AvgIpc) is 3.52. The van der Waals surface area contributed by atoms with Crippen LogP contribution in [0, 0.1) is 75.9 Å². The van der Waals surface area contributed by atoms with Gasteiger partial charge in [0.2, 0.25) is 6.29 Å². The molecule has 0 aromatic carbocycles. The summed E-state index contributed by atoms with van der Waals surface area (Å²) in [5, 5.41) is 0. The first-order valence-electron chi connectivity index (χ1n) is 18.5. The molecular weight excluding hydrogens is 516 g/mol. The lowest BCUT2D eigenvalue weighted by atomic mass is 9.47. The van der Waals surface area contributed by atoms with Crippen LogP contribution in [0.4, 0.5) is 0 Å². The van der Waals surface area contributed by atoms with Crippen molar-refractivity contribution in [1.82, 2.24) is 0 Å². The minimum Gasteiger partial charge on any atom is -0.435 e. The van der Waals surface area contributed by atoms with Gasteiger partial charge in [-0.1, -0.05) is 79.9 Å². The zero-order chi connectivity index (χ0) is 30.0. The number of rotatable bonds is 8. The second-order valence-electron chi connectivity index (χ2n) is 17.3. The van der Waals surface area contributed by atoms with Crippen LogP contribution in [-0.2, 0) is 14.3 Å². The van der Waals surface area contributed by atoms with Gasteiger partial charge in [-0.2, -0.15) is 0 Å². The molecule has 6 rings (SSSR count). The Bertz CT molecular complexity index is 1020. The van der Waals surface area contributed by atoms with Gasteiger partial charge in [0.25, 0.3) is 0 Å². The van der Waals surface area contributed by atoms with Gasteiger partial charge in [-0.3, -0.25) is 4.79 Å². The fourth-order valence-corrected chi connectivity index (χ4v) is 12.5. The highest BCUT2D eigenvalue weighted by atomic mass is 16.7. The summed E-state index contributed by atoms with van der Waals surface area (Å²) in [6.45, 7) is 19.6. The van der Waals surface area contributed by atoms with Gasteiger partial charge in [-0.15, -0.1) is 0 Å². The lowest BCUT2D eigenvalue weighted by molar-refractivity contribution is -0.238. The van der Waals surface area contributed by atoms with E-state index in [1.165, 1.54) is 64.2 Å². The Morgan fingerprint density at radius 2 is 1.74 bits per heavy atom. The van der Waals surface area contributed by atoms with Gasteiger partial charge in [0, 0.05) is 5.92 Å². The molecule has 0 aromatic heterocycles. The standard InChI is InChI=1S/C39H64O3/c1-9-27(23(2)3)12-10-24(4)32-16-17-33-31-15-13-28-22-29(18-20-38(28,7)34(31)19-21-39(32,33)8)41-37-35-25(5)11-14-30(35)26(6)36(40)42-37/h13,23-27,29-35,37H,9-12,14-22H2,1-8H3/t24?,25-,26+,27+,29+,30-,31-,32+,33-,34-,35-,37?,38-,39+/m0/s1. The number of carbonyl (C=O) groups excluding carboxylic acids is 1. The molecule has 4 saturated carbocycles. The zero-order valence-electron chi connectivity index (χ0n) is 28.5. The summed E-state index contributed by atoms with van der Waals surface area (Å²) >= 11 is 0. The number of cyclic esters (lactones) is 1. The van der Waals surface area contributed by atoms with Crippen molar-refractivity contribution in [3.63, 3.8) is 0 Å². The molecule has 5 fully saturated rings. The summed E-state index contributed by atoms with van der Waals surface area (Å²) in [6.07, 6.45) is 19.6. The summed E-state index contributed by atoms with van der Waals surface area (Å²) in [7, 11) is 0. The molecule has 1 aliphatic heterocycles. The highest BCUT2D eigenvalue weighted by Gasteiger charge is 2.59. The van der Waals surface area contributed by atoms with Gasteiger partial charge >= 0.3 is 5.97 Å². The Morgan fingerprint density at radius 3 is 2.48 bits per heavy atom. The molecule has 1 heterocycles. The number of esters is 1. The third-order valence-electron chi connectivity index (χ3n) is 15.3. The topological polar surface area (TPSA) is 35.5 Å². The van der Waals surface area contributed by atoms with E-state index >= 15 is 0 Å². The Hall–Kier alpha value is -0.830. The summed E-state index contributed by atoms with van der Waals surface area (Å²) in [4.78, 5) is 12.7. The van der Waals surface area contributed by atoms with Gasteiger partial charge < -0.3 is 9.47 Å². The number of hydrogen-bond acceptors (Lipinski definition) is 3. The van der Waals surface area contributed by atoms with Crippen molar-refractivity contribution in [1.29, 1.82) is 0 Å². The van der Waals surface area contributed by atoms with Crippen LogP contribution < -0.4 is 0 Å². The fraction of sp³-hybridized carbons (Fsp3) is 0.923. The van der Waals surface area contributed by atoms with E-state index in [1.54, 1.807) is 5.57 Å². The first-order valence-corrected chi connectivity index (χ1v) is 18.5. The van der Waals surface area contributed by atoms with E-state index in [-0.39, 0.29) is 24.3 Å². The number of allylic oxidation sites excluding steroid dienone is 1. The molecule has 0 spiro atoms. The van der Waals surface area contributed by atoms with E-state index in [9.17, 15) is 4.79 Å². The van der Waals surface area contributed by atoms with Crippen LogP contribution in [0.25, 0.3) is 0 Å². The lowest BCUT2D eigenvalue weighted by Gasteiger charge is -2.58. The maximum absolute atomic E-state index is 12.7. The van der Waals surface area contributed by atoms with E-state index in [2.05, 4.69) is 61.5 Å². The summed E-state index contributed by atoms with van der Waals surface area (Å²) in [5.74, 6) is 7.49. The van der Waals surface area contributed by atoms with E-state index in [4.69, 9.17) is 9.47 Å². The second kappa shape index (κ2) is 11.8. The Balaban J connectivity index is 1.11. The third-order valence-corrected chi connectivity index (χ3v) is 15.3. The highest BCUT2D eigenvalue weighted by molar-refractivity contribution is 5.73. The van der Waals surface area contributed by atoms with E-state index in [0.29, 0.717) is 28.6 Å². The minimum atomic E-state index is -0.330. The average molecular weight is 581 g/mol. The Labute approximate surface area is 258 Å². The van der Waals surface area contributed by atoms with Gasteiger partial charge in [-0.05, 0) is 135 Å². The lowest BCUT2D eigenvalue weighted by Crippen LogP contribution is -2.51. The molecule has 0 bridgehead atoms. The smallest absolute Gasteiger partial charge is 0.311 e. The molecule has 0 aromatic rings. The summed E-state index contributed by atoms with van der Waals surface area (Å²) < 4.78 is 12.8. The zero-order valence-corrected chi connectivity index (χ0v) is 28.5. The quantitative estimate of drug-likeness (QED) is 0.212. The van der Waals surface area contributed by atoms with E-state index in [0.717, 1.165) is 60.7 Å². The van der Waals surface area contributed by atoms with Gasteiger partial charge in [0.05, 0.1) is 12.0 Å². The monoisotopic (exact) mass is 580 g/mol. The van der Waals surface area contributed by atoms with Crippen LogP contribution in [-0.4, -0.2) is 18.4 Å². The fourth-order valence-electron chi connectivity index (χ4n) is 12.5. The van der Waals surface area contributed by atoms with Crippen LogP contribution in [0.5, 0.6) is 0 Å². The number of ether oxygens (including phenoxy) is 2. The molecule has 14 atom stereocenters. The van der Waals surface area contributed by atoms with Crippen LogP contribution in [0.3, 0.4) is 0 Å². The predicted molar refractivity (Wildman–Crippen MR) is 172 cm³/mol. The molecule has 6 aliphatic rings. The number of hydrogen-bond donors (Lipinski definition) is 0. The third kappa shape index (κ3) is 5.16. The predicted octanol–water partition coefficient (Wildman–Crippen LogP) is 10.2. The van der Waals surface area contributed by atoms with Gasteiger partial charge in [0.1, 0.15) is 0 Å². The van der Waals surface area contributed by atoms with Crippen molar-refractivity contribution in [3.8, 4) is 0 Å². The normalized spacial score (nSPS) is 48.0. The molecule has 3 nitrogen and oxygen atoms in total. The molecule has 238 valence electrons. The minimum absolute atomic E-state index is 0.0240. The number of fused-ring (bicyclic) bond motifs is 6. The second-order valence-corrected chi connectivity index (χ2v) is 17.3. The van der Waals surface area contributed by atoms with Crippen molar-refractivity contribution in [2.75, 3.05) is 0 Å². The Kier molecular flexibility index (Phi) is 8.78. The van der Waals surface area contributed by atoms with Gasteiger partial charge in [-0.25, -0.2) is 0 Å². The molecular formula is C39H64O3. The maximum Gasteiger partial charge on any atom is 0.311 e. The highest BCUT2D eigenvalue weighted by Crippen LogP contribution is 2.67. The number of carbonyl (C=O) groups is 1. The molecule has 42 heavy (non-hydrogen) atoms. The largest absolute Gasteiger partial charge is 0.435 e. The molecule has 0 radical (unpaired) electrons. The van der Waals surface area contributed by atoms with Crippen LogP contribution in [0.1, 0.15) is 139 Å². The van der Waals surface area contributed by atoms with Crippen LogP contribution >= 0.6 is 0 Å². The van der Waals surface area contributed by atoms with Crippen molar-refractivity contribution >= 4 is 5.97 Å². The molecule has 0 N–H and O–H groups in total. The molecule has 0 amide bonds. The van der Waals surface area contributed by atoms with Crippen molar-refractivity contribution in [2.24, 2.45) is 75.9 Å². The van der Waals surface area contributed by atoms with E-state index in [1.807, 2.05) is 0 Å². The van der Waals surface area contributed by atoms with Crippen molar-refractivity contribution in [2.45, 2.75) is 151 Å². The summed E-state index contributed by atoms with van der Waals surface area (Å²) in [5.41, 5.74) is 2.55. The summed E-state index contributed by atoms with van der Waals surface area (Å²) in [6, 6.07) is 0. The van der Waals surface area contributed by atoms with Crippen molar-refractivity contribution in [3.05, 3.63) is 11.6 Å². The van der Waals surface area contributed by atoms with Crippen LogP contribution in [0.15, 0.2) is 11.6 Å².